The highest BCUT2D eigenvalue weighted by molar-refractivity contribution is 5.90. The van der Waals surface area contributed by atoms with Gasteiger partial charge in [-0.25, -0.2) is 4.79 Å². The molecule has 2 N–H and O–H groups in total. The van der Waals surface area contributed by atoms with Gasteiger partial charge in [-0.1, -0.05) is 0 Å². The van der Waals surface area contributed by atoms with Gasteiger partial charge in [0.25, 0.3) is 0 Å². The number of nitrogens with zero attached hydrogens (tertiary/aromatic N) is 1. The first kappa shape index (κ1) is 21.3. The molecule has 0 unspecified atom stereocenters. The number of halogens is 1. The Hall–Kier alpha value is -1.42. The molecule has 4 fully saturated rings. The Balaban J connectivity index is 0.00000225. The van der Waals surface area contributed by atoms with Crippen molar-refractivity contribution < 1.29 is 17.2 Å². The first-order valence-corrected chi connectivity index (χ1v) is 10.9. The Morgan fingerprint density at radius 1 is 1.07 bits per heavy atom. The molecule has 4 aliphatic rings. The van der Waals surface area contributed by atoms with Gasteiger partial charge in [0.2, 0.25) is 0 Å². The predicted molar refractivity (Wildman–Crippen MR) is 112 cm³/mol. The molecule has 4 aliphatic carbocycles. The molecule has 0 aliphatic heterocycles. The van der Waals surface area contributed by atoms with Crippen LogP contribution in [0, 0.1) is 30.1 Å². The molecule has 5 heteroatoms. The first-order valence-electron chi connectivity index (χ1n) is 10.9. The summed E-state index contributed by atoms with van der Waals surface area (Å²) in [5, 5.41) is 6.29. The molecule has 5 rings (SSSR count). The van der Waals surface area contributed by atoms with Crippen molar-refractivity contribution in [1.82, 2.24) is 5.32 Å². The quantitative estimate of drug-likeness (QED) is 0.763. The van der Waals surface area contributed by atoms with E-state index in [2.05, 4.69) is 48.4 Å². The summed E-state index contributed by atoms with van der Waals surface area (Å²) in [6, 6.07) is 6.26. The molecule has 0 saturated heterocycles. The fraction of sp³-hybridized carbons (Fsp3) is 0.696. The Labute approximate surface area is 176 Å². The second-order valence-electron chi connectivity index (χ2n) is 9.40. The zero-order valence-corrected chi connectivity index (χ0v) is 18.3. The van der Waals surface area contributed by atoms with Crippen molar-refractivity contribution in [2.75, 3.05) is 29.9 Å². The van der Waals surface area contributed by atoms with E-state index in [1.165, 1.54) is 44.2 Å². The third kappa shape index (κ3) is 4.27. The summed E-state index contributed by atoms with van der Waals surface area (Å²) in [7, 11) is 0. The van der Waals surface area contributed by atoms with Crippen LogP contribution in [-0.2, 0) is 0 Å². The maximum absolute atomic E-state index is 12.6. The van der Waals surface area contributed by atoms with Crippen LogP contribution in [0.3, 0.4) is 0 Å². The van der Waals surface area contributed by atoms with Crippen LogP contribution in [0.4, 0.5) is 16.2 Å². The van der Waals surface area contributed by atoms with E-state index in [0.29, 0.717) is 5.41 Å². The van der Waals surface area contributed by atoms with Crippen LogP contribution in [0.15, 0.2) is 18.2 Å². The van der Waals surface area contributed by atoms with Crippen LogP contribution in [-0.4, -0.2) is 25.7 Å². The topological polar surface area (TPSA) is 44.4 Å². The number of hydrogen-bond donors (Lipinski definition) is 2. The van der Waals surface area contributed by atoms with Crippen molar-refractivity contribution in [3.63, 3.8) is 0 Å². The molecule has 1 aromatic rings. The molecular formula is C23H35ClN3O-. The molecule has 0 radical (unpaired) electrons. The van der Waals surface area contributed by atoms with Crippen molar-refractivity contribution >= 4 is 17.4 Å². The van der Waals surface area contributed by atoms with Gasteiger partial charge in [-0.3, -0.25) is 0 Å². The molecule has 4 nitrogen and oxygen atoms in total. The Kier molecular flexibility index (Phi) is 6.48. The van der Waals surface area contributed by atoms with Crippen molar-refractivity contribution in [3.8, 4) is 0 Å². The van der Waals surface area contributed by atoms with Crippen molar-refractivity contribution in [3.05, 3.63) is 23.8 Å². The lowest BCUT2D eigenvalue weighted by molar-refractivity contribution is -0.0496. The smallest absolute Gasteiger partial charge is 0.319 e. The Morgan fingerprint density at radius 2 is 1.64 bits per heavy atom. The molecule has 4 bridgehead atoms. The first-order chi connectivity index (χ1) is 13.0. The summed E-state index contributed by atoms with van der Waals surface area (Å²) < 4.78 is 0. The van der Waals surface area contributed by atoms with E-state index in [1.54, 1.807) is 0 Å². The molecule has 0 aromatic heterocycles. The van der Waals surface area contributed by atoms with E-state index in [-0.39, 0.29) is 18.4 Å². The highest BCUT2D eigenvalue weighted by atomic mass is 35.5. The fourth-order valence-electron chi connectivity index (χ4n) is 6.51. The molecule has 1 aromatic carbocycles. The van der Waals surface area contributed by atoms with E-state index in [4.69, 9.17) is 0 Å². The van der Waals surface area contributed by atoms with Crippen LogP contribution in [0.25, 0.3) is 0 Å². The van der Waals surface area contributed by atoms with Gasteiger partial charge in [-0.05, 0) is 106 Å². The van der Waals surface area contributed by atoms with E-state index >= 15 is 0 Å². The summed E-state index contributed by atoms with van der Waals surface area (Å²) in [5.41, 5.74) is 3.63. The molecule has 0 spiro atoms. The number of rotatable bonds is 6. The average molecular weight is 405 g/mol. The third-order valence-corrected chi connectivity index (χ3v) is 7.38. The van der Waals surface area contributed by atoms with E-state index < -0.39 is 0 Å². The summed E-state index contributed by atoms with van der Waals surface area (Å²) in [5.74, 6) is 2.78. The second kappa shape index (κ2) is 8.52. The predicted octanol–water partition coefficient (Wildman–Crippen LogP) is 2.18. The SMILES string of the molecule is CCN(CC)c1ccc(NC(=O)NCC23CC4CC(CC(C4)C2)C3)c(C)c1.[Cl-]. The fourth-order valence-corrected chi connectivity index (χ4v) is 6.51. The number of anilines is 2. The molecule has 0 atom stereocenters. The summed E-state index contributed by atoms with van der Waals surface area (Å²) >= 11 is 0. The largest absolute Gasteiger partial charge is 1.00 e. The van der Waals surface area contributed by atoms with Gasteiger partial charge >= 0.3 is 6.03 Å². The number of nitrogens with one attached hydrogen (secondary N) is 2. The highest BCUT2D eigenvalue weighted by Crippen LogP contribution is 2.59. The van der Waals surface area contributed by atoms with Crippen molar-refractivity contribution in [2.45, 2.75) is 59.3 Å². The number of carbonyl (C=O) groups excluding carboxylic acids is 1. The molecule has 156 valence electrons. The average Bonchev–Trinajstić information content (AvgIpc) is 2.62. The van der Waals surface area contributed by atoms with Gasteiger partial charge in [0.15, 0.2) is 0 Å². The summed E-state index contributed by atoms with van der Waals surface area (Å²) in [6.07, 6.45) is 8.33. The Bertz CT molecular complexity index is 666. The number of benzene rings is 1. The highest BCUT2D eigenvalue weighted by Gasteiger charge is 2.50. The van der Waals surface area contributed by atoms with Gasteiger partial charge in [-0.2, -0.15) is 0 Å². The zero-order chi connectivity index (χ0) is 19.0. The number of carbonyl (C=O) groups is 1. The maximum Gasteiger partial charge on any atom is 0.319 e. The lowest BCUT2D eigenvalue weighted by Gasteiger charge is -2.56. The normalized spacial score (nSPS) is 29.9. The van der Waals surface area contributed by atoms with E-state index in [9.17, 15) is 4.79 Å². The lowest BCUT2D eigenvalue weighted by atomic mass is 9.49. The van der Waals surface area contributed by atoms with Gasteiger partial charge in [0, 0.05) is 31.0 Å². The standard InChI is InChI=1S/C23H35N3O.ClH/c1-4-26(5-2)20-6-7-21(16(3)8-20)25-22(27)24-15-23-12-17-9-18(13-23)11-19(10-17)14-23;/h6-8,17-19H,4-5,9-15H2,1-3H3,(H2,24,25,27);1H/p-1. The number of amides is 2. The minimum absolute atomic E-state index is 0. The number of hydrogen-bond acceptors (Lipinski definition) is 2. The molecule has 2 amide bonds. The Morgan fingerprint density at radius 3 is 2.14 bits per heavy atom. The minimum atomic E-state index is -0.0514. The summed E-state index contributed by atoms with van der Waals surface area (Å²) in [4.78, 5) is 14.9. The van der Waals surface area contributed by atoms with Crippen molar-refractivity contribution in [1.29, 1.82) is 0 Å². The second-order valence-corrected chi connectivity index (χ2v) is 9.40. The van der Waals surface area contributed by atoms with E-state index in [0.717, 1.165) is 48.6 Å². The third-order valence-electron chi connectivity index (χ3n) is 7.38. The van der Waals surface area contributed by atoms with Crippen LogP contribution < -0.4 is 27.9 Å². The van der Waals surface area contributed by atoms with Crippen LogP contribution in [0.2, 0.25) is 0 Å². The van der Waals surface area contributed by atoms with Gasteiger partial charge in [0.05, 0.1) is 0 Å². The lowest BCUT2D eigenvalue weighted by Crippen LogP contribution is -3.00. The van der Waals surface area contributed by atoms with E-state index in [1.807, 2.05) is 6.07 Å². The van der Waals surface area contributed by atoms with Crippen LogP contribution in [0.5, 0.6) is 0 Å². The number of aryl methyl sites for hydroxylation is 1. The van der Waals surface area contributed by atoms with Gasteiger partial charge in [0.1, 0.15) is 0 Å². The van der Waals surface area contributed by atoms with Gasteiger partial charge in [-0.15, -0.1) is 0 Å². The van der Waals surface area contributed by atoms with Gasteiger partial charge < -0.3 is 27.9 Å². The summed E-state index contributed by atoms with van der Waals surface area (Å²) in [6.45, 7) is 9.24. The zero-order valence-electron chi connectivity index (χ0n) is 17.6. The molecular weight excluding hydrogens is 370 g/mol. The number of urea groups is 1. The monoisotopic (exact) mass is 404 g/mol. The molecule has 28 heavy (non-hydrogen) atoms. The maximum atomic E-state index is 12.6. The minimum Gasteiger partial charge on any atom is -1.00 e. The van der Waals surface area contributed by atoms with Crippen LogP contribution in [0.1, 0.15) is 57.9 Å². The molecule has 4 saturated carbocycles. The van der Waals surface area contributed by atoms with Crippen LogP contribution >= 0.6 is 0 Å². The molecule has 0 heterocycles. The van der Waals surface area contributed by atoms with Crippen molar-refractivity contribution in [2.24, 2.45) is 23.2 Å².